The molecule has 8 heteroatoms. The summed E-state index contributed by atoms with van der Waals surface area (Å²) in [5.74, 6) is 0.497. The molecule has 34 heavy (non-hydrogen) atoms. The van der Waals surface area contributed by atoms with E-state index in [1.807, 2.05) is 6.92 Å². The Morgan fingerprint density at radius 2 is 1.79 bits per heavy atom. The smallest absolute Gasteiger partial charge is 0.344 e. The first-order chi connectivity index (χ1) is 16.5. The zero-order valence-corrected chi connectivity index (χ0v) is 19.4. The van der Waals surface area contributed by atoms with Gasteiger partial charge in [0, 0.05) is 5.56 Å². The maximum absolute atomic E-state index is 13.2. The number of aliphatic imine (C=N–C) groups is 1. The van der Waals surface area contributed by atoms with Gasteiger partial charge in [0.25, 0.3) is 0 Å². The van der Waals surface area contributed by atoms with Crippen LogP contribution in [0.1, 0.15) is 19.6 Å². The van der Waals surface area contributed by atoms with Gasteiger partial charge in [0.05, 0.1) is 23.8 Å². The number of ether oxygens (including phenoxy) is 2. The fourth-order valence-electron chi connectivity index (χ4n) is 3.22. The minimum atomic E-state index is -0.660. The van der Waals surface area contributed by atoms with E-state index in [0.29, 0.717) is 39.5 Å². The molecule has 1 N–H and O–H groups in total. The third-order valence-electron chi connectivity index (χ3n) is 4.78. The van der Waals surface area contributed by atoms with E-state index in [1.165, 1.54) is 12.1 Å². The van der Waals surface area contributed by atoms with Crippen LogP contribution < -0.4 is 4.74 Å². The van der Waals surface area contributed by atoms with Gasteiger partial charge in [-0.05, 0) is 80.6 Å². The predicted octanol–water partition coefficient (Wildman–Crippen LogP) is 6.68. The number of furan rings is 1. The monoisotopic (exact) mass is 479 g/mol. The van der Waals surface area contributed by atoms with Crippen LogP contribution in [0, 0.1) is 5.82 Å². The Labute approximate surface area is 200 Å². The molecule has 0 fully saturated rings. The van der Waals surface area contributed by atoms with Gasteiger partial charge in [-0.15, -0.1) is 0 Å². The minimum absolute atomic E-state index is 0.00250. The number of halogens is 1. The van der Waals surface area contributed by atoms with Crippen molar-refractivity contribution in [2.45, 2.75) is 13.8 Å². The molecule has 174 valence electrons. The lowest BCUT2D eigenvalue weighted by Crippen LogP contribution is -2.12. The van der Waals surface area contributed by atoms with Crippen molar-refractivity contribution in [3.05, 3.63) is 88.5 Å². The lowest BCUT2D eigenvalue weighted by molar-refractivity contribution is -0.138. The van der Waals surface area contributed by atoms with E-state index in [0.717, 1.165) is 17.3 Å². The summed E-state index contributed by atoms with van der Waals surface area (Å²) in [5, 5.41) is 11.1. The SMILES string of the molecule is CCOC(=O)C1=C(O)C(=Cc2ccc(-c3ccc(F)cc3)o2)SC1=Nc1ccc(OCC)cc1. The number of hydrogen-bond donors (Lipinski definition) is 1. The van der Waals surface area contributed by atoms with E-state index in [4.69, 9.17) is 13.9 Å². The van der Waals surface area contributed by atoms with E-state index in [9.17, 15) is 14.3 Å². The molecule has 0 atom stereocenters. The summed E-state index contributed by atoms with van der Waals surface area (Å²) >= 11 is 1.14. The van der Waals surface area contributed by atoms with Crippen molar-refractivity contribution >= 4 is 34.5 Å². The van der Waals surface area contributed by atoms with E-state index < -0.39 is 5.97 Å². The number of hydrogen-bond acceptors (Lipinski definition) is 7. The molecule has 1 aromatic heterocycles. The zero-order chi connectivity index (χ0) is 24.1. The number of aliphatic hydroxyl groups is 1. The highest BCUT2D eigenvalue weighted by atomic mass is 32.2. The van der Waals surface area contributed by atoms with Gasteiger partial charge in [-0.3, -0.25) is 0 Å². The Hall–Kier alpha value is -3.78. The number of benzene rings is 2. The van der Waals surface area contributed by atoms with Gasteiger partial charge in [0.15, 0.2) is 0 Å². The van der Waals surface area contributed by atoms with Crippen LogP contribution in [0.5, 0.6) is 5.75 Å². The van der Waals surface area contributed by atoms with Crippen molar-refractivity contribution in [1.29, 1.82) is 0 Å². The molecule has 0 amide bonds. The summed E-state index contributed by atoms with van der Waals surface area (Å²) in [6.07, 6.45) is 1.62. The maximum Gasteiger partial charge on any atom is 0.344 e. The second-order valence-electron chi connectivity index (χ2n) is 7.11. The van der Waals surface area contributed by atoms with Crippen LogP contribution in [0.2, 0.25) is 0 Å². The number of rotatable bonds is 7. The molecular formula is C26H22FNO5S. The first kappa shape index (κ1) is 23.4. The molecule has 0 saturated carbocycles. The lowest BCUT2D eigenvalue weighted by atomic mass is 10.2. The highest BCUT2D eigenvalue weighted by Gasteiger charge is 2.33. The van der Waals surface area contributed by atoms with Crippen LogP contribution in [-0.4, -0.2) is 29.3 Å². The molecule has 6 nitrogen and oxygen atoms in total. The summed E-state index contributed by atoms with van der Waals surface area (Å²) in [4.78, 5) is 17.5. The molecule has 0 radical (unpaired) electrons. The quantitative estimate of drug-likeness (QED) is 0.381. The maximum atomic E-state index is 13.2. The fraction of sp³-hybridized carbons (Fsp3) is 0.154. The van der Waals surface area contributed by atoms with E-state index >= 15 is 0 Å². The van der Waals surface area contributed by atoms with E-state index in [1.54, 1.807) is 61.5 Å². The van der Waals surface area contributed by atoms with Gasteiger partial charge in [0.1, 0.15) is 39.5 Å². The molecule has 0 spiro atoms. The molecule has 2 heterocycles. The molecular weight excluding hydrogens is 457 g/mol. The second-order valence-corrected chi connectivity index (χ2v) is 8.14. The number of esters is 1. The minimum Gasteiger partial charge on any atom is -0.506 e. The highest BCUT2D eigenvalue weighted by Crippen LogP contribution is 2.40. The average Bonchev–Trinajstić information content (AvgIpc) is 3.41. The topological polar surface area (TPSA) is 81.3 Å². The number of carbonyl (C=O) groups is 1. The third kappa shape index (κ3) is 5.23. The number of aliphatic hydroxyl groups excluding tert-OH is 1. The van der Waals surface area contributed by atoms with Crippen molar-refractivity contribution < 1.29 is 28.2 Å². The summed E-state index contributed by atoms with van der Waals surface area (Å²) < 4.78 is 29.6. The Balaban J connectivity index is 1.65. The van der Waals surface area contributed by atoms with Crippen LogP contribution in [-0.2, 0) is 9.53 Å². The normalized spacial score (nSPS) is 15.9. The van der Waals surface area contributed by atoms with Crippen LogP contribution in [0.3, 0.4) is 0 Å². The van der Waals surface area contributed by atoms with Crippen molar-refractivity contribution in [2.75, 3.05) is 13.2 Å². The van der Waals surface area contributed by atoms with Gasteiger partial charge in [-0.1, -0.05) is 11.8 Å². The van der Waals surface area contributed by atoms with Gasteiger partial charge in [-0.2, -0.15) is 0 Å². The summed E-state index contributed by atoms with van der Waals surface area (Å²) in [5.41, 5.74) is 1.31. The first-order valence-electron chi connectivity index (χ1n) is 10.7. The van der Waals surface area contributed by atoms with Crippen LogP contribution in [0.25, 0.3) is 17.4 Å². The first-order valence-corrected chi connectivity index (χ1v) is 11.5. The molecule has 0 saturated heterocycles. The van der Waals surface area contributed by atoms with Crippen molar-refractivity contribution in [3.8, 4) is 17.1 Å². The Morgan fingerprint density at radius 1 is 1.06 bits per heavy atom. The zero-order valence-electron chi connectivity index (χ0n) is 18.6. The fourth-order valence-corrected chi connectivity index (χ4v) is 4.24. The van der Waals surface area contributed by atoms with Gasteiger partial charge in [-0.25, -0.2) is 14.2 Å². The largest absolute Gasteiger partial charge is 0.506 e. The number of thioether (sulfide) groups is 1. The molecule has 0 unspecified atom stereocenters. The highest BCUT2D eigenvalue weighted by molar-refractivity contribution is 8.18. The standard InChI is InChI=1S/C26H22FNO5S/c1-3-31-19-11-9-18(10-12-19)28-25-23(26(30)32-4-2)24(29)22(34-25)15-20-13-14-21(33-20)16-5-7-17(27)8-6-16/h5-15,29H,3-4H2,1-2H3. The van der Waals surface area contributed by atoms with Crippen LogP contribution in [0.4, 0.5) is 10.1 Å². The van der Waals surface area contributed by atoms with E-state index in [2.05, 4.69) is 4.99 Å². The van der Waals surface area contributed by atoms with Crippen LogP contribution >= 0.6 is 11.8 Å². The molecule has 2 aromatic carbocycles. The molecule has 0 bridgehead atoms. The van der Waals surface area contributed by atoms with Crippen LogP contribution in [0.15, 0.2) is 86.3 Å². The molecule has 1 aliphatic rings. The predicted molar refractivity (Wildman–Crippen MR) is 131 cm³/mol. The van der Waals surface area contributed by atoms with Gasteiger partial charge >= 0.3 is 5.97 Å². The molecule has 1 aliphatic heterocycles. The number of carbonyl (C=O) groups excluding carboxylic acids is 1. The van der Waals surface area contributed by atoms with Gasteiger partial charge < -0.3 is 19.0 Å². The van der Waals surface area contributed by atoms with Gasteiger partial charge in [0.2, 0.25) is 0 Å². The lowest BCUT2D eigenvalue weighted by Gasteiger charge is -2.05. The number of nitrogens with zero attached hydrogens (tertiary/aromatic N) is 1. The summed E-state index contributed by atoms with van der Waals surface area (Å²) in [6.45, 7) is 4.31. The van der Waals surface area contributed by atoms with Crippen molar-refractivity contribution in [3.63, 3.8) is 0 Å². The second kappa shape index (κ2) is 10.4. The molecule has 4 rings (SSSR count). The Bertz CT molecular complexity index is 1270. The van der Waals surface area contributed by atoms with Crippen molar-refractivity contribution in [1.82, 2.24) is 0 Å². The Kier molecular flexibility index (Phi) is 7.18. The molecule has 3 aromatic rings. The summed E-state index contributed by atoms with van der Waals surface area (Å²) in [7, 11) is 0. The third-order valence-corrected chi connectivity index (χ3v) is 5.80. The van der Waals surface area contributed by atoms with Crippen molar-refractivity contribution in [2.24, 2.45) is 4.99 Å². The molecule has 0 aliphatic carbocycles. The van der Waals surface area contributed by atoms with E-state index in [-0.39, 0.29) is 23.8 Å². The Morgan fingerprint density at radius 3 is 2.47 bits per heavy atom. The summed E-state index contributed by atoms with van der Waals surface area (Å²) in [6, 6.07) is 16.5. The average molecular weight is 480 g/mol.